The molecule has 2 fully saturated rings. The second kappa shape index (κ2) is 5.19. The molecule has 2 aromatic rings. The summed E-state index contributed by atoms with van der Waals surface area (Å²) in [7, 11) is 2.13. The van der Waals surface area contributed by atoms with E-state index in [0.29, 0.717) is 26.1 Å². The quantitative estimate of drug-likeness (QED) is 0.919. The predicted octanol–water partition coefficient (Wildman–Crippen LogP) is 2.02. The first-order chi connectivity index (χ1) is 10.7. The largest absolute Gasteiger partial charge is 0.385 e. The van der Waals surface area contributed by atoms with Crippen LogP contribution >= 0.6 is 0 Å². The van der Waals surface area contributed by atoms with Gasteiger partial charge in [0.1, 0.15) is 0 Å². The molecule has 2 saturated heterocycles. The molecule has 116 valence electrons. The number of ether oxygens (including phenoxy) is 1. The van der Waals surface area contributed by atoms with Crippen LogP contribution in [0.3, 0.4) is 0 Å². The van der Waals surface area contributed by atoms with Crippen LogP contribution in [-0.2, 0) is 10.3 Å². The highest BCUT2D eigenvalue weighted by Gasteiger charge is 2.45. The number of fused-ring (bicyclic) bond motifs is 2. The van der Waals surface area contributed by atoms with Gasteiger partial charge in [0.25, 0.3) is 0 Å². The fraction of sp³-hybridized carbons (Fsp3) is 0.471. The Balaban J connectivity index is 1.61. The summed E-state index contributed by atoms with van der Waals surface area (Å²) < 4.78 is 10.8. The normalized spacial score (nSPS) is 32.1. The molecule has 0 radical (unpaired) electrons. The molecular formula is C17H20N2O3. The molecule has 0 amide bonds. The molecule has 4 rings (SSSR count). The highest BCUT2D eigenvalue weighted by Crippen LogP contribution is 2.40. The van der Waals surface area contributed by atoms with Gasteiger partial charge in [-0.2, -0.15) is 0 Å². The van der Waals surface area contributed by atoms with E-state index >= 15 is 0 Å². The number of benzene rings is 1. The monoisotopic (exact) mass is 300 g/mol. The van der Waals surface area contributed by atoms with E-state index in [4.69, 9.17) is 9.26 Å². The Labute approximate surface area is 129 Å². The highest BCUT2D eigenvalue weighted by molar-refractivity contribution is 5.57. The minimum Gasteiger partial charge on any atom is -0.385 e. The number of likely N-dealkylation sites (N-methyl/N-ethyl adjacent to an activating group) is 1. The lowest BCUT2D eigenvalue weighted by Gasteiger charge is -2.50. The Morgan fingerprint density at radius 3 is 2.41 bits per heavy atom. The lowest BCUT2D eigenvalue weighted by Crippen LogP contribution is -2.59. The third kappa shape index (κ3) is 2.26. The van der Waals surface area contributed by atoms with Crippen molar-refractivity contribution in [2.75, 3.05) is 20.3 Å². The van der Waals surface area contributed by atoms with E-state index in [9.17, 15) is 5.11 Å². The number of rotatable bonds is 2. The van der Waals surface area contributed by atoms with Crippen molar-refractivity contribution in [3.63, 3.8) is 0 Å². The fourth-order valence-corrected chi connectivity index (χ4v) is 3.69. The minimum absolute atomic E-state index is 0.284. The van der Waals surface area contributed by atoms with Crippen LogP contribution in [0.25, 0.3) is 11.3 Å². The Kier molecular flexibility index (Phi) is 3.29. The maximum absolute atomic E-state index is 11.2. The minimum atomic E-state index is -0.772. The Morgan fingerprint density at radius 1 is 1.14 bits per heavy atom. The SMILES string of the molecule is CN1C2COCC1CC(O)(c1ccc(-c3ccno3)cc1)C2. The fourth-order valence-electron chi connectivity index (χ4n) is 3.69. The Bertz CT molecular complexity index is 624. The molecule has 2 atom stereocenters. The number of morpholine rings is 1. The van der Waals surface area contributed by atoms with Crippen molar-refractivity contribution in [2.45, 2.75) is 30.5 Å². The summed E-state index contributed by atoms with van der Waals surface area (Å²) in [6.45, 7) is 1.40. The molecule has 2 bridgehead atoms. The van der Waals surface area contributed by atoms with Gasteiger partial charge in [0, 0.05) is 23.7 Å². The number of piperidine rings is 1. The molecule has 0 aliphatic carbocycles. The van der Waals surface area contributed by atoms with Gasteiger partial charge in [0.15, 0.2) is 5.76 Å². The summed E-state index contributed by atoms with van der Waals surface area (Å²) in [5.41, 5.74) is 1.17. The number of hydrogen-bond acceptors (Lipinski definition) is 5. The van der Waals surface area contributed by atoms with Crippen LogP contribution in [0, 0.1) is 0 Å². The number of aromatic nitrogens is 1. The first-order valence-electron chi connectivity index (χ1n) is 7.69. The summed E-state index contributed by atoms with van der Waals surface area (Å²) in [5, 5.41) is 14.9. The number of hydrogen-bond donors (Lipinski definition) is 1. The molecule has 1 aromatic heterocycles. The highest BCUT2D eigenvalue weighted by atomic mass is 16.5. The van der Waals surface area contributed by atoms with Gasteiger partial charge >= 0.3 is 0 Å². The molecule has 2 aliphatic heterocycles. The van der Waals surface area contributed by atoms with Crippen molar-refractivity contribution in [2.24, 2.45) is 0 Å². The summed E-state index contributed by atoms with van der Waals surface area (Å²) in [5.74, 6) is 0.743. The van der Waals surface area contributed by atoms with E-state index in [-0.39, 0.29) is 12.1 Å². The lowest BCUT2D eigenvalue weighted by molar-refractivity contribution is -0.137. The summed E-state index contributed by atoms with van der Waals surface area (Å²) in [6.07, 6.45) is 3.05. The van der Waals surface area contributed by atoms with Crippen molar-refractivity contribution in [1.29, 1.82) is 0 Å². The zero-order valence-corrected chi connectivity index (χ0v) is 12.6. The summed E-state index contributed by atoms with van der Waals surface area (Å²) >= 11 is 0. The van der Waals surface area contributed by atoms with Crippen LogP contribution < -0.4 is 0 Å². The molecule has 3 heterocycles. The van der Waals surface area contributed by atoms with Gasteiger partial charge in [0.05, 0.1) is 25.0 Å². The van der Waals surface area contributed by atoms with Crippen molar-refractivity contribution in [1.82, 2.24) is 10.1 Å². The third-order valence-corrected chi connectivity index (χ3v) is 5.06. The lowest BCUT2D eigenvalue weighted by atomic mass is 9.77. The van der Waals surface area contributed by atoms with Crippen molar-refractivity contribution in [3.05, 3.63) is 42.1 Å². The number of nitrogens with zero attached hydrogens (tertiary/aromatic N) is 2. The summed E-state index contributed by atoms with van der Waals surface area (Å²) in [4.78, 5) is 2.35. The molecule has 2 aliphatic rings. The molecule has 0 spiro atoms. The molecule has 5 heteroatoms. The maximum atomic E-state index is 11.2. The third-order valence-electron chi connectivity index (χ3n) is 5.06. The average Bonchev–Trinajstić information content (AvgIpc) is 3.04. The number of aliphatic hydroxyl groups is 1. The van der Waals surface area contributed by atoms with Crippen LogP contribution in [0.15, 0.2) is 41.1 Å². The van der Waals surface area contributed by atoms with Crippen LogP contribution in [0.4, 0.5) is 0 Å². The van der Waals surface area contributed by atoms with Gasteiger partial charge < -0.3 is 14.4 Å². The van der Waals surface area contributed by atoms with Crippen LogP contribution in [0.5, 0.6) is 0 Å². The molecular weight excluding hydrogens is 280 g/mol. The van der Waals surface area contributed by atoms with E-state index in [1.54, 1.807) is 6.20 Å². The molecule has 1 aromatic carbocycles. The molecule has 1 N–H and O–H groups in total. The molecule has 2 unspecified atom stereocenters. The van der Waals surface area contributed by atoms with Gasteiger partial charge in [-0.25, -0.2) is 0 Å². The Morgan fingerprint density at radius 2 is 1.82 bits per heavy atom. The predicted molar refractivity (Wildman–Crippen MR) is 81.2 cm³/mol. The van der Waals surface area contributed by atoms with Crippen molar-refractivity contribution in [3.8, 4) is 11.3 Å². The van der Waals surface area contributed by atoms with Gasteiger partial charge in [-0.3, -0.25) is 4.90 Å². The van der Waals surface area contributed by atoms with Crippen LogP contribution in [0.2, 0.25) is 0 Å². The van der Waals surface area contributed by atoms with Crippen molar-refractivity contribution >= 4 is 0 Å². The summed E-state index contributed by atoms with van der Waals surface area (Å²) in [6, 6.07) is 10.4. The van der Waals surface area contributed by atoms with E-state index in [2.05, 4.69) is 17.1 Å². The van der Waals surface area contributed by atoms with Gasteiger partial charge in [-0.05, 0) is 25.5 Å². The van der Waals surface area contributed by atoms with Gasteiger partial charge in [-0.1, -0.05) is 29.4 Å². The topological polar surface area (TPSA) is 58.7 Å². The van der Waals surface area contributed by atoms with E-state index < -0.39 is 5.60 Å². The first kappa shape index (κ1) is 13.9. The molecule has 0 saturated carbocycles. The van der Waals surface area contributed by atoms with Gasteiger partial charge in [0.2, 0.25) is 0 Å². The van der Waals surface area contributed by atoms with E-state index in [1.807, 2.05) is 30.3 Å². The second-order valence-corrected chi connectivity index (χ2v) is 6.40. The van der Waals surface area contributed by atoms with E-state index in [0.717, 1.165) is 16.9 Å². The van der Waals surface area contributed by atoms with Crippen LogP contribution in [-0.4, -0.2) is 47.5 Å². The van der Waals surface area contributed by atoms with Crippen LogP contribution in [0.1, 0.15) is 18.4 Å². The Hall–Kier alpha value is -1.69. The second-order valence-electron chi connectivity index (χ2n) is 6.40. The molecule has 22 heavy (non-hydrogen) atoms. The first-order valence-corrected chi connectivity index (χ1v) is 7.69. The zero-order valence-electron chi connectivity index (χ0n) is 12.6. The smallest absolute Gasteiger partial charge is 0.166 e. The van der Waals surface area contributed by atoms with Crippen molar-refractivity contribution < 1.29 is 14.4 Å². The average molecular weight is 300 g/mol. The van der Waals surface area contributed by atoms with Gasteiger partial charge in [-0.15, -0.1) is 0 Å². The standard InChI is InChI=1S/C17H20N2O3/c1-19-14-8-17(20,9-15(19)11-21-10-14)13-4-2-12(3-5-13)16-6-7-18-22-16/h2-7,14-15,20H,8-11H2,1H3. The zero-order chi connectivity index (χ0) is 15.2. The maximum Gasteiger partial charge on any atom is 0.166 e. The van der Waals surface area contributed by atoms with E-state index in [1.165, 1.54) is 0 Å². The molecule has 5 nitrogen and oxygen atoms in total.